The molecule has 27 heavy (non-hydrogen) atoms. The van der Waals surface area contributed by atoms with Crippen LogP contribution in [0.4, 0.5) is 0 Å². The molecule has 0 saturated heterocycles. The molecule has 0 heterocycles. The average Bonchev–Trinajstić information content (AvgIpc) is 2.69. The molecule has 0 atom stereocenters. The van der Waals surface area contributed by atoms with E-state index in [-0.39, 0.29) is 0 Å². The maximum absolute atomic E-state index is 5.47. The molecule has 0 spiro atoms. The van der Waals surface area contributed by atoms with Crippen LogP contribution in [-0.2, 0) is 0 Å². The van der Waals surface area contributed by atoms with Crippen LogP contribution < -0.4 is 5.73 Å². The summed E-state index contributed by atoms with van der Waals surface area (Å²) in [6, 6.07) is 0. The summed E-state index contributed by atoms with van der Waals surface area (Å²) in [5, 5.41) is 0. The first kappa shape index (κ1) is 28.6. The van der Waals surface area contributed by atoms with E-state index in [9.17, 15) is 0 Å². The monoisotopic (exact) mass is 379 g/mol. The van der Waals surface area contributed by atoms with E-state index in [1.165, 1.54) is 116 Å². The van der Waals surface area contributed by atoms with Crippen LogP contribution in [0.3, 0.4) is 0 Å². The zero-order valence-electron chi connectivity index (χ0n) is 19.3. The second-order valence-electron chi connectivity index (χ2n) is 7.78. The molecule has 0 unspecified atom stereocenters. The van der Waals surface area contributed by atoms with E-state index in [0.29, 0.717) is 0 Å². The summed E-state index contributed by atoms with van der Waals surface area (Å²) in [5.41, 5.74) is 5.47. The Morgan fingerprint density at radius 3 is 1.19 bits per heavy atom. The summed E-state index contributed by atoms with van der Waals surface area (Å²) < 4.78 is 0. The molecule has 0 aliphatic carbocycles. The first-order valence-electron chi connectivity index (χ1n) is 12.3. The van der Waals surface area contributed by atoms with Crippen LogP contribution in [0.1, 0.15) is 136 Å². The minimum atomic E-state index is 0.862. The summed E-state index contributed by atoms with van der Waals surface area (Å²) in [6.07, 6.45) is 33.5. The lowest BCUT2D eigenvalue weighted by molar-refractivity contribution is 0.599. The fourth-order valence-electron chi connectivity index (χ4n) is 2.96. The number of unbranched alkanes of at least 4 members (excludes halogenated alkanes) is 14. The van der Waals surface area contributed by atoms with Gasteiger partial charge in [-0.25, -0.2) is 0 Å². The van der Waals surface area contributed by atoms with Crippen molar-refractivity contribution in [3.05, 3.63) is 24.3 Å². The van der Waals surface area contributed by atoms with E-state index in [2.05, 4.69) is 45.1 Å². The molecule has 2 N–H and O–H groups in total. The van der Waals surface area contributed by atoms with Gasteiger partial charge in [0.2, 0.25) is 0 Å². The van der Waals surface area contributed by atoms with Crippen LogP contribution in [0.2, 0.25) is 0 Å². The summed E-state index contributed by atoms with van der Waals surface area (Å²) in [5.74, 6) is 0. The minimum absolute atomic E-state index is 0.862. The van der Waals surface area contributed by atoms with Gasteiger partial charge in [0.05, 0.1) is 0 Å². The molecule has 0 rings (SSSR count). The minimum Gasteiger partial charge on any atom is -0.330 e. The fourth-order valence-corrected chi connectivity index (χ4v) is 2.96. The molecule has 0 aromatic heterocycles. The van der Waals surface area contributed by atoms with Gasteiger partial charge in [-0.2, -0.15) is 0 Å². The Bertz CT molecular complexity index is 272. The van der Waals surface area contributed by atoms with Crippen molar-refractivity contribution in [1.29, 1.82) is 0 Å². The first-order chi connectivity index (χ1) is 13.3. The summed E-state index contributed by atoms with van der Waals surface area (Å²) in [6.45, 7) is 7.55. The highest BCUT2D eigenvalue weighted by Gasteiger charge is 1.90. The normalized spacial score (nSPS) is 11.3. The second kappa shape index (κ2) is 30.2. The largest absolute Gasteiger partial charge is 0.330 e. The van der Waals surface area contributed by atoms with Gasteiger partial charge >= 0.3 is 0 Å². The van der Waals surface area contributed by atoms with Crippen molar-refractivity contribution in [3.8, 4) is 0 Å². The van der Waals surface area contributed by atoms with Crippen molar-refractivity contribution >= 4 is 0 Å². The summed E-state index contributed by atoms with van der Waals surface area (Å²) in [7, 11) is 0. The summed E-state index contributed by atoms with van der Waals surface area (Å²) in [4.78, 5) is 0. The zero-order chi connectivity index (χ0) is 20.3. The average molecular weight is 380 g/mol. The SMILES string of the molecule is CCC/C=C\CCC.CCCCCCCC/C=C\CCCCCCCCN. The molecule has 0 aliphatic rings. The molecule has 0 fully saturated rings. The Morgan fingerprint density at radius 2 is 0.778 bits per heavy atom. The Morgan fingerprint density at radius 1 is 0.407 bits per heavy atom. The van der Waals surface area contributed by atoms with E-state index in [1.54, 1.807) is 0 Å². The third-order valence-electron chi connectivity index (χ3n) is 4.79. The van der Waals surface area contributed by atoms with Gasteiger partial charge in [-0.1, -0.05) is 116 Å². The molecule has 0 aliphatic heterocycles. The highest BCUT2D eigenvalue weighted by atomic mass is 14.5. The highest BCUT2D eigenvalue weighted by Crippen LogP contribution is 2.09. The molecule has 0 radical (unpaired) electrons. The Balaban J connectivity index is 0. The maximum atomic E-state index is 5.47. The van der Waals surface area contributed by atoms with Crippen molar-refractivity contribution in [2.75, 3.05) is 6.54 Å². The molecule has 0 amide bonds. The van der Waals surface area contributed by atoms with Gasteiger partial charge in [-0.05, 0) is 51.5 Å². The third-order valence-corrected chi connectivity index (χ3v) is 4.79. The molecule has 0 saturated carbocycles. The van der Waals surface area contributed by atoms with Crippen molar-refractivity contribution in [1.82, 2.24) is 0 Å². The van der Waals surface area contributed by atoms with Crippen LogP contribution in [0.25, 0.3) is 0 Å². The van der Waals surface area contributed by atoms with Crippen LogP contribution in [0.15, 0.2) is 24.3 Å². The molecule has 0 bridgehead atoms. The molecule has 0 aromatic rings. The predicted octanol–water partition coefficient (Wildman–Crippen LogP) is 9.13. The van der Waals surface area contributed by atoms with Gasteiger partial charge in [0.15, 0.2) is 0 Å². The van der Waals surface area contributed by atoms with E-state index >= 15 is 0 Å². The predicted molar refractivity (Wildman–Crippen MR) is 127 cm³/mol. The van der Waals surface area contributed by atoms with Crippen LogP contribution in [0.5, 0.6) is 0 Å². The Kier molecular flexibility index (Phi) is 32.0. The van der Waals surface area contributed by atoms with Gasteiger partial charge in [0.25, 0.3) is 0 Å². The first-order valence-corrected chi connectivity index (χ1v) is 12.3. The van der Waals surface area contributed by atoms with Crippen molar-refractivity contribution in [2.45, 2.75) is 136 Å². The molecule has 162 valence electrons. The van der Waals surface area contributed by atoms with Gasteiger partial charge in [0, 0.05) is 0 Å². The zero-order valence-corrected chi connectivity index (χ0v) is 19.3. The van der Waals surface area contributed by atoms with Crippen LogP contribution >= 0.6 is 0 Å². The second-order valence-corrected chi connectivity index (χ2v) is 7.78. The summed E-state index contributed by atoms with van der Waals surface area (Å²) >= 11 is 0. The van der Waals surface area contributed by atoms with Crippen molar-refractivity contribution in [2.24, 2.45) is 5.73 Å². The van der Waals surface area contributed by atoms with E-state index in [0.717, 1.165) is 6.54 Å². The molecule has 1 heteroatoms. The lowest BCUT2D eigenvalue weighted by Gasteiger charge is -1.99. The molecular weight excluding hydrogens is 326 g/mol. The smallest absolute Gasteiger partial charge is 0.00773 e. The number of allylic oxidation sites excluding steroid dienone is 4. The quantitative estimate of drug-likeness (QED) is 0.176. The lowest BCUT2D eigenvalue weighted by atomic mass is 10.1. The Hall–Kier alpha value is -0.560. The third kappa shape index (κ3) is 33.5. The van der Waals surface area contributed by atoms with Gasteiger partial charge < -0.3 is 5.73 Å². The highest BCUT2D eigenvalue weighted by molar-refractivity contribution is 4.81. The molecular formula is C26H53N. The van der Waals surface area contributed by atoms with Crippen molar-refractivity contribution < 1.29 is 0 Å². The van der Waals surface area contributed by atoms with Gasteiger partial charge in [-0.3, -0.25) is 0 Å². The number of nitrogens with two attached hydrogens (primary N) is 1. The van der Waals surface area contributed by atoms with Crippen molar-refractivity contribution in [3.63, 3.8) is 0 Å². The number of hydrogen-bond donors (Lipinski definition) is 1. The molecule has 0 aromatic carbocycles. The number of rotatable bonds is 19. The lowest BCUT2D eigenvalue weighted by Crippen LogP contribution is -1.97. The van der Waals surface area contributed by atoms with Gasteiger partial charge in [-0.15, -0.1) is 0 Å². The van der Waals surface area contributed by atoms with E-state index in [4.69, 9.17) is 5.73 Å². The maximum Gasteiger partial charge on any atom is -0.00773 e. The molecule has 1 nitrogen and oxygen atoms in total. The fraction of sp³-hybridized carbons (Fsp3) is 0.846. The van der Waals surface area contributed by atoms with Crippen LogP contribution in [-0.4, -0.2) is 6.54 Å². The van der Waals surface area contributed by atoms with E-state index < -0.39 is 0 Å². The van der Waals surface area contributed by atoms with Crippen LogP contribution in [0, 0.1) is 0 Å². The standard InChI is InChI=1S/C18H37N.C8H16/c1-2-3-4-5-6-7-8-9-10-11-12-13-14-15-16-17-18-19;1-3-5-7-8-6-4-2/h9-10H,2-8,11-19H2,1H3;7-8H,3-6H2,1-2H3/b10-9-;8-7-. The van der Waals surface area contributed by atoms with E-state index in [1.807, 2.05) is 0 Å². The topological polar surface area (TPSA) is 26.0 Å². The number of hydrogen-bond acceptors (Lipinski definition) is 1. The van der Waals surface area contributed by atoms with Gasteiger partial charge in [0.1, 0.15) is 0 Å². The Labute approximate surface area is 173 Å².